The fourth-order valence-corrected chi connectivity index (χ4v) is 5.04. The lowest BCUT2D eigenvalue weighted by Gasteiger charge is -2.33. The number of terminal acetylenes is 2. The van der Waals surface area contributed by atoms with Gasteiger partial charge in [-0.25, -0.2) is 0 Å². The molecule has 1 saturated carbocycles. The minimum Gasteiger partial charge on any atom is -0.481 e. The van der Waals surface area contributed by atoms with Crippen molar-refractivity contribution in [3.63, 3.8) is 0 Å². The Balaban J connectivity index is 1.70. The minimum absolute atomic E-state index is 0.262. The van der Waals surface area contributed by atoms with Gasteiger partial charge in [0.1, 0.15) is 24.7 Å². The molecule has 1 aliphatic rings. The van der Waals surface area contributed by atoms with Crippen molar-refractivity contribution < 1.29 is 9.47 Å². The lowest BCUT2D eigenvalue weighted by Crippen LogP contribution is -2.25. The van der Waals surface area contributed by atoms with Crippen LogP contribution >= 0.6 is 0 Å². The first-order chi connectivity index (χ1) is 16.6. The summed E-state index contributed by atoms with van der Waals surface area (Å²) in [5.41, 5.74) is 4.73. The fourth-order valence-electron chi connectivity index (χ4n) is 5.04. The van der Waals surface area contributed by atoms with Gasteiger partial charge in [0, 0.05) is 5.41 Å². The largest absolute Gasteiger partial charge is 0.481 e. The maximum atomic E-state index is 5.60. The normalized spacial score (nSPS) is 14.1. The molecule has 4 rings (SSSR count). The summed E-state index contributed by atoms with van der Waals surface area (Å²) >= 11 is 0. The van der Waals surface area contributed by atoms with E-state index in [4.69, 9.17) is 22.3 Å². The van der Waals surface area contributed by atoms with Crippen LogP contribution in [0.3, 0.4) is 0 Å². The third-order valence-electron chi connectivity index (χ3n) is 7.07. The molecule has 1 aliphatic carbocycles. The van der Waals surface area contributed by atoms with E-state index in [-0.39, 0.29) is 18.6 Å². The Morgan fingerprint density at radius 3 is 1.50 bits per heavy atom. The number of hydrogen-bond acceptors (Lipinski definition) is 2. The number of ether oxygens (including phenoxy) is 2. The molecule has 0 saturated heterocycles. The maximum absolute atomic E-state index is 5.60. The topological polar surface area (TPSA) is 18.5 Å². The van der Waals surface area contributed by atoms with Crippen LogP contribution in [0.25, 0.3) is 0 Å². The van der Waals surface area contributed by atoms with Crippen molar-refractivity contribution >= 4 is 0 Å². The van der Waals surface area contributed by atoms with Crippen molar-refractivity contribution in [1.29, 1.82) is 0 Å². The summed E-state index contributed by atoms with van der Waals surface area (Å²) in [4.78, 5) is 0. The van der Waals surface area contributed by atoms with E-state index in [1.807, 2.05) is 24.3 Å². The van der Waals surface area contributed by atoms with Crippen LogP contribution in [-0.4, -0.2) is 13.2 Å². The summed E-state index contributed by atoms with van der Waals surface area (Å²) in [5, 5.41) is 0. The molecular weight excluding hydrogens is 416 g/mol. The molecule has 0 N–H and O–H groups in total. The molecule has 0 aliphatic heterocycles. The third kappa shape index (κ3) is 5.13. The predicted molar refractivity (Wildman–Crippen MR) is 139 cm³/mol. The van der Waals surface area contributed by atoms with Gasteiger partial charge in [-0.2, -0.15) is 0 Å². The minimum atomic E-state index is -0.347. The van der Waals surface area contributed by atoms with E-state index in [2.05, 4.69) is 67.3 Å². The van der Waals surface area contributed by atoms with Crippen LogP contribution < -0.4 is 9.47 Å². The van der Waals surface area contributed by atoms with E-state index in [1.54, 1.807) is 0 Å². The lowest BCUT2D eigenvalue weighted by atomic mass is 9.70. The van der Waals surface area contributed by atoms with E-state index in [0.29, 0.717) is 5.92 Å². The zero-order valence-electron chi connectivity index (χ0n) is 19.9. The third-order valence-corrected chi connectivity index (χ3v) is 7.07. The smallest absolute Gasteiger partial charge is 0.148 e. The highest BCUT2D eigenvalue weighted by atomic mass is 16.5. The van der Waals surface area contributed by atoms with Crippen molar-refractivity contribution in [3.8, 4) is 36.2 Å². The second-order valence-corrected chi connectivity index (χ2v) is 9.12. The number of hydrogen-bond donors (Lipinski definition) is 0. The summed E-state index contributed by atoms with van der Waals surface area (Å²) < 4.78 is 11.2. The standard InChI is InChI=1S/C32H32O2/c1-4-23-33-30-19-15-28(16-20-30)32(3,29-17-21-31(22-18-29)34-24-5-2)27-13-11-26(12-14-27)25-9-7-6-8-10-25/h1-2,11-22,25H,6-10,23-24H2,3H3. The molecule has 0 radical (unpaired) electrons. The first kappa shape index (κ1) is 23.5. The van der Waals surface area contributed by atoms with Crippen LogP contribution in [0.5, 0.6) is 11.5 Å². The van der Waals surface area contributed by atoms with Gasteiger partial charge in [-0.3, -0.25) is 0 Å². The molecule has 0 aromatic heterocycles. The van der Waals surface area contributed by atoms with Gasteiger partial charge < -0.3 is 9.47 Å². The summed E-state index contributed by atoms with van der Waals surface area (Å²) in [6.45, 7) is 2.80. The van der Waals surface area contributed by atoms with Gasteiger partial charge in [0.2, 0.25) is 0 Å². The maximum Gasteiger partial charge on any atom is 0.148 e. The second-order valence-electron chi connectivity index (χ2n) is 9.12. The van der Waals surface area contributed by atoms with Gasteiger partial charge >= 0.3 is 0 Å². The quantitative estimate of drug-likeness (QED) is 0.270. The monoisotopic (exact) mass is 448 g/mol. The highest BCUT2D eigenvalue weighted by Crippen LogP contribution is 2.41. The highest BCUT2D eigenvalue weighted by molar-refractivity contribution is 5.52. The molecule has 0 amide bonds. The van der Waals surface area contributed by atoms with Gasteiger partial charge in [-0.05, 0) is 72.2 Å². The van der Waals surface area contributed by atoms with Crippen molar-refractivity contribution in [1.82, 2.24) is 0 Å². The van der Waals surface area contributed by atoms with Gasteiger partial charge in [0.25, 0.3) is 0 Å². The van der Waals surface area contributed by atoms with Crippen LogP contribution in [-0.2, 0) is 5.41 Å². The average molecular weight is 449 g/mol. The van der Waals surface area contributed by atoms with Crippen LogP contribution in [0.1, 0.15) is 67.2 Å². The van der Waals surface area contributed by atoms with Gasteiger partial charge in [-0.15, -0.1) is 12.8 Å². The van der Waals surface area contributed by atoms with Gasteiger partial charge in [0.15, 0.2) is 0 Å². The summed E-state index contributed by atoms with van der Waals surface area (Å²) in [5.74, 6) is 7.27. The molecule has 0 unspecified atom stereocenters. The first-order valence-corrected chi connectivity index (χ1v) is 12.1. The van der Waals surface area contributed by atoms with E-state index < -0.39 is 0 Å². The summed E-state index contributed by atoms with van der Waals surface area (Å²) in [6.07, 6.45) is 17.3. The Bertz CT molecular complexity index is 1070. The zero-order chi connectivity index (χ0) is 23.8. The van der Waals surface area contributed by atoms with Crippen LogP contribution in [0.4, 0.5) is 0 Å². The van der Waals surface area contributed by atoms with Crippen molar-refractivity contribution in [2.45, 2.75) is 50.4 Å². The van der Waals surface area contributed by atoms with E-state index in [0.717, 1.165) is 11.5 Å². The molecule has 0 heterocycles. The molecule has 1 fully saturated rings. The molecule has 2 heteroatoms. The molecule has 0 atom stereocenters. The Kier molecular flexibility index (Phi) is 7.61. The molecule has 0 spiro atoms. The summed E-state index contributed by atoms with van der Waals surface area (Å²) in [6, 6.07) is 25.7. The SMILES string of the molecule is C#CCOc1ccc(C(C)(c2ccc(OCC#C)cc2)c2ccc(C3CCCCC3)cc2)cc1. The molecule has 0 bridgehead atoms. The van der Waals surface area contributed by atoms with Crippen molar-refractivity contribution in [2.75, 3.05) is 13.2 Å². The molecule has 172 valence electrons. The van der Waals surface area contributed by atoms with Crippen LogP contribution in [0.2, 0.25) is 0 Å². The Hall–Kier alpha value is -3.62. The lowest BCUT2D eigenvalue weighted by molar-refractivity contribution is 0.370. The van der Waals surface area contributed by atoms with Crippen LogP contribution in [0.15, 0.2) is 72.8 Å². The number of benzene rings is 3. The molecule has 3 aromatic carbocycles. The summed E-state index contributed by atoms with van der Waals surface area (Å²) in [7, 11) is 0. The number of rotatable bonds is 8. The molecule has 2 nitrogen and oxygen atoms in total. The van der Waals surface area contributed by atoms with E-state index in [1.165, 1.54) is 54.4 Å². The second kappa shape index (κ2) is 11.0. The Morgan fingerprint density at radius 1 is 0.676 bits per heavy atom. The average Bonchev–Trinajstić information content (AvgIpc) is 2.91. The van der Waals surface area contributed by atoms with E-state index in [9.17, 15) is 0 Å². The van der Waals surface area contributed by atoms with Gasteiger partial charge in [-0.1, -0.05) is 79.6 Å². The molecule has 34 heavy (non-hydrogen) atoms. The van der Waals surface area contributed by atoms with Crippen molar-refractivity contribution in [3.05, 3.63) is 95.1 Å². The Morgan fingerprint density at radius 2 is 1.09 bits per heavy atom. The highest BCUT2D eigenvalue weighted by Gasteiger charge is 2.31. The van der Waals surface area contributed by atoms with E-state index >= 15 is 0 Å². The van der Waals surface area contributed by atoms with Crippen molar-refractivity contribution in [2.24, 2.45) is 0 Å². The van der Waals surface area contributed by atoms with Gasteiger partial charge in [0.05, 0.1) is 0 Å². The molecule has 3 aromatic rings. The fraction of sp³-hybridized carbons (Fsp3) is 0.312. The van der Waals surface area contributed by atoms with Crippen LogP contribution in [0, 0.1) is 24.7 Å². The predicted octanol–water partition coefficient (Wildman–Crippen LogP) is 7.11. The zero-order valence-corrected chi connectivity index (χ0v) is 19.9. The Labute approximate surface area is 204 Å². The molecular formula is C32H32O2. The first-order valence-electron chi connectivity index (χ1n) is 12.1.